The van der Waals surface area contributed by atoms with Crippen LogP contribution in [0.4, 0.5) is 0 Å². The Labute approximate surface area is 178 Å². The summed E-state index contributed by atoms with van der Waals surface area (Å²) in [5.41, 5.74) is 0. The van der Waals surface area contributed by atoms with Crippen molar-refractivity contribution in [3.05, 3.63) is 91.0 Å². The molecule has 1 aliphatic heterocycles. The van der Waals surface area contributed by atoms with Crippen LogP contribution in [0.5, 0.6) is 0 Å². The molecule has 2 nitrogen and oxygen atoms in total. The van der Waals surface area contributed by atoms with E-state index in [0.29, 0.717) is 6.16 Å². The first kappa shape index (κ1) is 20.1. The monoisotopic (exact) mass is 423 g/mol. The zero-order chi connectivity index (χ0) is 20.2. The third-order valence-electron chi connectivity index (χ3n) is 6.02. The van der Waals surface area contributed by atoms with Gasteiger partial charge in [-0.1, -0.05) is 0 Å². The number of amides is 1. The molecule has 0 N–H and O–H groups in total. The van der Waals surface area contributed by atoms with Gasteiger partial charge in [-0.05, 0) is 0 Å². The van der Waals surface area contributed by atoms with Crippen LogP contribution in [0.2, 0.25) is 0 Å². The van der Waals surface area contributed by atoms with Crippen molar-refractivity contribution < 1.29 is 4.79 Å². The minimum absolute atomic E-state index is 0.161. The van der Waals surface area contributed by atoms with E-state index in [4.69, 9.17) is 11.2 Å². The van der Waals surface area contributed by atoms with Gasteiger partial charge in [-0.2, -0.15) is 0 Å². The third kappa shape index (κ3) is 3.61. The van der Waals surface area contributed by atoms with Crippen molar-refractivity contribution in [2.75, 3.05) is 19.3 Å². The second kappa shape index (κ2) is 8.30. The molecule has 1 heterocycles. The van der Waals surface area contributed by atoms with Gasteiger partial charge < -0.3 is 0 Å². The van der Waals surface area contributed by atoms with Crippen LogP contribution >= 0.6 is 17.2 Å². The van der Waals surface area contributed by atoms with E-state index in [1.165, 1.54) is 6.42 Å². The normalized spacial score (nSPS) is 16.0. The molecule has 150 valence electrons. The maximum absolute atomic E-state index is 13.6. The molecule has 1 amide bonds. The maximum atomic E-state index is 13.6. The molecule has 0 spiro atoms. The summed E-state index contributed by atoms with van der Waals surface area (Å²) in [7, 11) is 0. The number of hydrogen-bond donors (Lipinski definition) is 0. The summed E-state index contributed by atoms with van der Waals surface area (Å²) in [6.07, 6.45) is 3.66. The van der Waals surface area contributed by atoms with Crippen molar-refractivity contribution in [3.63, 3.8) is 0 Å². The molecular weight excluding hydrogens is 397 g/mol. The van der Waals surface area contributed by atoms with E-state index in [2.05, 4.69) is 36.4 Å². The van der Waals surface area contributed by atoms with Crippen molar-refractivity contribution in [1.82, 2.24) is 4.90 Å². The summed E-state index contributed by atoms with van der Waals surface area (Å²) in [5, 5.41) is 3.13. The van der Waals surface area contributed by atoms with Gasteiger partial charge in [0.05, 0.1) is 0 Å². The molecule has 4 heteroatoms. The summed E-state index contributed by atoms with van der Waals surface area (Å²) in [4.78, 5) is 15.6. The van der Waals surface area contributed by atoms with Gasteiger partial charge in [-0.3, -0.25) is 0 Å². The van der Waals surface area contributed by atoms with E-state index < -0.39 is 5.96 Å². The van der Waals surface area contributed by atoms with Gasteiger partial charge in [0.25, 0.3) is 0 Å². The quantitative estimate of drug-likeness (QED) is 0.545. The first-order chi connectivity index (χ1) is 14.1. The van der Waals surface area contributed by atoms with E-state index in [1.807, 2.05) is 59.5 Å². The Bertz CT molecular complexity index is 856. The Morgan fingerprint density at radius 1 is 0.690 bits per heavy atom. The minimum atomic E-state index is -3.51. The molecule has 0 aromatic heterocycles. The molecule has 0 aliphatic carbocycles. The first-order valence-electron chi connectivity index (χ1n) is 10.3. The SMILES string of the molecule is O=C(CP(Cl)(c1ccccc1)(c1ccccc1)c1ccccc1)N1CCCCC1. The van der Waals surface area contributed by atoms with Crippen LogP contribution in [-0.4, -0.2) is 30.1 Å². The van der Waals surface area contributed by atoms with Gasteiger partial charge in [0, 0.05) is 0 Å². The van der Waals surface area contributed by atoms with Crippen LogP contribution in [0.15, 0.2) is 91.0 Å². The number of rotatable bonds is 5. The molecule has 1 saturated heterocycles. The molecule has 1 aliphatic rings. The van der Waals surface area contributed by atoms with E-state index in [1.54, 1.807) is 0 Å². The van der Waals surface area contributed by atoms with E-state index >= 15 is 0 Å². The average Bonchev–Trinajstić information content (AvgIpc) is 2.81. The Hall–Kier alpha value is -2.15. The number of nitrogens with zero attached hydrogens (tertiary/aromatic N) is 1. The van der Waals surface area contributed by atoms with Crippen molar-refractivity contribution in [1.29, 1.82) is 0 Å². The number of carbonyl (C=O) groups is 1. The van der Waals surface area contributed by atoms with Crippen LogP contribution in [0.1, 0.15) is 19.3 Å². The van der Waals surface area contributed by atoms with Crippen molar-refractivity contribution in [2.45, 2.75) is 19.3 Å². The molecule has 29 heavy (non-hydrogen) atoms. The van der Waals surface area contributed by atoms with Crippen molar-refractivity contribution in [3.8, 4) is 0 Å². The van der Waals surface area contributed by atoms with Gasteiger partial charge in [0.2, 0.25) is 0 Å². The number of benzene rings is 3. The van der Waals surface area contributed by atoms with Gasteiger partial charge in [0.1, 0.15) is 0 Å². The number of piperidine rings is 1. The first-order valence-corrected chi connectivity index (χ1v) is 13.6. The van der Waals surface area contributed by atoms with Gasteiger partial charge >= 0.3 is 178 Å². The molecule has 0 saturated carbocycles. The van der Waals surface area contributed by atoms with Crippen LogP contribution in [0.3, 0.4) is 0 Å². The van der Waals surface area contributed by atoms with E-state index in [9.17, 15) is 4.79 Å². The topological polar surface area (TPSA) is 20.3 Å². The van der Waals surface area contributed by atoms with Crippen molar-refractivity contribution >= 4 is 39.0 Å². The summed E-state index contributed by atoms with van der Waals surface area (Å²) >= 11 is 7.97. The number of carbonyl (C=O) groups excluding carboxylic acids is 1. The summed E-state index contributed by atoms with van der Waals surface area (Å²) < 4.78 is 0. The van der Waals surface area contributed by atoms with Crippen LogP contribution in [-0.2, 0) is 4.79 Å². The number of halogens is 1. The standard InChI is InChI=1S/C25H27ClNOP/c26-29(22-13-5-1-6-14-22,23-15-7-2-8-16-23,24-17-9-3-10-18-24)21-25(28)27-19-11-4-12-20-27/h1-3,5-10,13-18H,4,11-12,19-21H2. The molecule has 0 unspecified atom stereocenters. The zero-order valence-corrected chi connectivity index (χ0v) is 18.2. The van der Waals surface area contributed by atoms with Gasteiger partial charge in [-0.15, -0.1) is 0 Å². The van der Waals surface area contributed by atoms with Crippen molar-refractivity contribution in [2.24, 2.45) is 0 Å². The van der Waals surface area contributed by atoms with Crippen LogP contribution in [0.25, 0.3) is 0 Å². The fourth-order valence-corrected chi connectivity index (χ4v) is 10.3. The van der Waals surface area contributed by atoms with E-state index in [0.717, 1.165) is 41.8 Å². The van der Waals surface area contributed by atoms with Gasteiger partial charge in [-0.25, -0.2) is 0 Å². The predicted octanol–water partition coefficient (Wildman–Crippen LogP) is 4.68. The molecule has 0 bridgehead atoms. The fourth-order valence-electron chi connectivity index (χ4n) is 4.43. The second-order valence-corrected chi connectivity index (χ2v) is 14.3. The Kier molecular flexibility index (Phi) is 5.76. The predicted molar refractivity (Wildman–Crippen MR) is 126 cm³/mol. The summed E-state index contributed by atoms with van der Waals surface area (Å²) in [6, 6.07) is 30.7. The Balaban J connectivity index is 1.95. The molecule has 1 fully saturated rings. The summed E-state index contributed by atoms with van der Waals surface area (Å²) in [6.45, 7) is 1.67. The van der Waals surface area contributed by atoms with Crippen LogP contribution in [0, 0.1) is 0 Å². The number of hydrogen-bond acceptors (Lipinski definition) is 1. The Morgan fingerprint density at radius 2 is 1.07 bits per heavy atom. The average molecular weight is 424 g/mol. The molecular formula is C25H27ClNOP. The third-order valence-corrected chi connectivity index (χ3v) is 13.1. The summed E-state index contributed by atoms with van der Waals surface area (Å²) in [5.74, 6) is -3.35. The zero-order valence-electron chi connectivity index (χ0n) is 16.6. The Morgan fingerprint density at radius 3 is 1.45 bits per heavy atom. The van der Waals surface area contributed by atoms with Crippen LogP contribution < -0.4 is 15.9 Å². The van der Waals surface area contributed by atoms with E-state index in [-0.39, 0.29) is 5.91 Å². The second-order valence-electron chi connectivity index (χ2n) is 7.79. The molecule has 0 atom stereocenters. The fraction of sp³-hybridized carbons (Fsp3) is 0.240. The number of likely N-dealkylation sites (tertiary alicyclic amines) is 1. The molecule has 3 aromatic rings. The molecule has 4 rings (SSSR count). The van der Waals surface area contributed by atoms with Gasteiger partial charge in [0.15, 0.2) is 0 Å². The molecule has 3 aromatic carbocycles. The molecule has 0 radical (unpaired) electrons.